The Hall–Kier alpha value is -3.96. The van der Waals surface area contributed by atoms with Crippen LogP contribution in [-0.2, 0) is 31.6 Å². The summed E-state index contributed by atoms with van der Waals surface area (Å²) in [7, 11) is -4.09. The zero-order valence-corrected chi connectivity index (χ0v) is 24.1. The predicted octanol–water partition coefficient (Wildman–Crippen LogP) is 6.35. The van der Waals surface area contributed by atoms with Gasteiger partial charge in [0.1, 0.15) is 0 Å². The van der Waals surface area contributed by atoms with E-state index in [0.29, 0.717) is 5.56 Å². The molecule has 204 valence electrons. The van der Waals surface area contributed by atoms with Gasteiger partial charge in [0, 0.05) is 30.0 Å². The van der Waals surface area contributed by atoms with Crippen molar-refractivity contribution < 1.29 is 17.9 Å². The third kappa shape index (κ3) is 6.60. The average molecular weight is 570 g/mol. The lowest BCUT2D eigenvalue weighted by atomic mass is 9.82. The van der Waals surface area contributed by atoms with Gasteiger partial charge in [-0.3, -0.25) is 4.79 Å². The van der Waals surface area contributed by atoms with E-state index in [2.05, 4.69) is 18.4 Å². The summed E-state index contributed by atoms with van der Waals surface area (Å²) >= 11 is 1.50. The van der Waals surface area contributed by atoms with Crippen molar-refractivity contribution in [3.8, 4) is 11.8 Å². The molecule has 3 aromatic carbocycles. The second kappa shape index (κ2) is 12.9. The molecule has 4 rings (SSSR count). The van der Waals surface area contributed by atoms with Gasteiger partial charge in [0.15, 0.2) is 0 Å². The Morgan fingerprint density at radius 1 is 1.02 bits per heavy atom. The summed E-state index contributed by atoms with van der Waals surface area (Å²) in [5.74, 6) is 5.84. The molecule has 0 aliphatic rings. The maximum absolute atomic E-state index is 14.4. The van der Waals surface area contributed by atoms with Gasteiger partial charge in [0.2, 0.25) is 15.6 Å². The number of rotatable bonds is 10. The molecule has 0 spiro atoms. The lowest BCUT2D eigenvalue weighted by molar-refractivity contribution is -0.157. The van der Waals surface area contributed by atoms with Crippen LogP contribution in [0, 0.1) is 18.8 Å². The molecule has 4 aromatic rings. The van der Waals surface area contributed by atoms with Gasteiger partial charge in [-0.05, 0) is 48.4 Å². The highest BCUT2D eigenvalue weighted by Gasteiger charge is 2.49. The first kappa shape index (κ1) is 29.0. The zero-order chi connectivity index (χ0) is 28.6. The number of thiophene rings is 1. The largest absolute Gasteiger partial charge is 0.440 e. The molecule has 2 atom stereocenters. The maximum atomic E-state index is 14.4. The number of carbonyl (C=O) groups is 1. The molecule has 0 bridgehead atoms. The van der Waals surface area contributed by atoms with Crippen LogP contribution in [0.1, 0.15) is 29.2 Å². The topological polar surface area (TPSA) is 63.7 Å². The van der Waals surface area contributed by atoms with Crippen LogP contribution in [0.5, 0.6) is 0 Å². The highest BCUT2D eigenvalue weighted by atomic mass is 32.2. The number of nitrogens with zero attached hydrogens (tertiary/aromatic N) is 1. The van der Waals surface area contributed by atoms with Crippen molar-refractivity contribution in [2.75, 3.05) is 6.54 Å². The molecule has 40 heavy (non-hydrogen) atoms. The molecule has 0 aliphatic heterocycles. The number of esters is 1. The van der Waals surface area contributed by atoms with Crippen LogP contribution in [-0.4, -0.2) is 31.3 Å². The smallest absolute Gasteiger partial charge is 0.304 e. The van der Waals surface area contributed by atoms with Gasteiger partial charge in [-0.1, -0.05) is 90.4 Å². The summed E-state index contributed by atoms with van der Waals surface area (Å²) in [5, 5.41) is 3.81. The van der Waals surface area contributed by atoms with Crippen molar-refractivity contribution in [2.24, 2.45) is 0 Å². The van der Waals surface area contributed by atoms with Crippen LogP contribution in [0.2, 0.25) is 0 Å². The number of benzene rings is 3. The second-order valence-electron chi connectivity index (χ2n) is 9.34. The number of aryl methyl sites for hydroxylation is 1. The molecule has 0 saturated carbocycles. The SMILES string of the molecule is C=CCN([C@@H](Cc1ccccc1)[C@](C#Cc1ccsc1)(OC(C)=O)c1ccccc1)S(=O)(=O)c1ccc(C)cc1. The van der Waals surface area contributed by atoms with Crippen LogP contribution in [0.4, 0.5) is 0 Å². The Labute approximate surface area is 240 Å². The molecular weight excluding hydrogens is 539 g/mol. The summed E-state index contributed by atoms with van der Waals surface area (Å²) in [5.41, 5.74) is 1.47. The number of ether oxygens (including phenoxy) is 1. The highest BCUT2D eigenvalue weighted by molar-refractivity contribution is 7.89. The van der Waals surface area contributed by atoms with Crippen molar-refractivity contribution in [1.29, 1.82) is 0 Å². The fraction of sp³-hybridized carbons (Fsp3) is 0.182. The molecule has 0 saturated heterocycles. The Bertz CT molecular complexity index is 1590. The monoisotopic (exact) mass is 569 g/mol. The van der Waals surface area contributed by atoms with Crippen molar-refractivity contribution >= 4 is 27.3 Å². The van der Waals surface area contributed by atoms with Crippen LogP contribution in [0.25, 0.3) is 0 Å². The average Bonchev–Trinajstić information content (AvgIpc) is 3.48. The quantitative estimate of drug-likeness (QED) is 0.127. The van der Waals surface area contributed by atoms with E-state index < -0.39 is 27.6 Å². The summed E-state index contributed by atoms with van der Waals surface area (Å²) in [6.45, 7) is 7.06. The molecule has 5 nitrogen and oxygen atoms in total. The number of hydrogen-bond acceptors (Lipinski definition) is 5. The van der Waals surface area contributed by atoms with Crippen LogP contribution in [0.15, 0.2) is 119 Å². The third-order valence-electron chi connectivity index (χ3n) is 6.45. The number of sulfonamides is 1. The summed E-state index contributed by atoms with van der Waals surface area (Å²) in [4.78, 5) is 12.9. The summed E-state index contributed by atoms with van der Waals surface area (Å²) < 4.78 is 36.2. The molecule has 0 radical (unpaired) electrons. The van der Waals surface area contributed by atoms with Crippen molar-refractivity contribution in [2.45, 2.75) is 36.8 Å². The van der Waals surface area contributed by atoms with Gasteiger partial charge < -0.3 is 4.74 Å². The van der Waals surface area contributed by atoms with E-state index in [1.165, 1.54) is 22.6 Å². The van der Waals surface area contributed by atoms with E-state index in [9.17, 15) is 13.2 Å². The maximum Gasteiger partial charge on any atom is 0.304 e. The van der Waals surface area contributed by atoms with Crippen LogP contribution >= 0.6 is 11.3 Å². The number of carbonyl (C=O) groups excluding carboxylic acids is 1. The zero-order valence-electron chi connectivity index (χ0n) is 22.5. The van der Waals surface area contributed by atoms with Gasteiger partial charge in [-0.25, -0.2) is 8.42 Å². The second-order valence-corrected chi connectivity index (χ2v) is 12.0. The number of hydrogen-bond donors (Lipinski definition) is 0. The van der Waals surface area contributed by atoms with Crippen molar-refractivity contribution in [1.82, 2.24) is 4.31 Å². The molecule has 1 aromatic heterocycles. The van der Waals surface area contributed by atoms with E-state index in [1.807, 2.05) is 84.4 Å². The lowest BCUT2D eigenvalue weighted by Gasteiger charge is -2.42. The summed E-state index contributed by atoms with van der Waals surface area (Å²) in [6.07, 6.45) is 1.76. The minimum atomic E-state index is -4.09. The minimum absolute atomic E-state index is 0.0241. The molecule has 0 amide bonds. The van der Waals surface area contributed by atoms with Gasteiger partial charge in [0.25, 0.3) is 0 Å². The van der Waals surface area contributed by atoms with Gasteiger partial charge in [-0.15, -0.1) is 6.58 Å². The lowest BCUT2D eigenvalue weighted by Crippen LogP contribution is -2.55. The Balaban J connectivity index is 2.04. The molecule has 0 N–H and O–H groups in total. The van der Waals surface area contributed by atoms with E-state index in [4.69, 9.17) is 4.74 Å². The Morgan fingerprint density at radius 2 is 1.68 bits per heavy atom. The molecule has 7 heteroatoms. The van der Waals surface area contributed by atoms with Crippen LogP contribution in [0.3, 0.4) is 0 Å². The van der Waals surface area contributed by atoms with E-state index in [0.717, 1.165) is 16.7 Å². The molecule has 0 fully saturated rings. The first-order valence-corrected chi connectivity index (χ1v) is 15.2. The van der Waals surface area contributed by atoms with Crippen molar-refractivity contribution in [3.05, 3.63) is 137 Å². The van der Waals surface area contributed by atoms with E-state index in [1.54, 1.807) is 30.3 Å². The Morgan fingerprint density at radius 3 is 2.25 bits per heavy atom. The van der Waals surface area contributed by atoms with Crippen molar-refractivity contribution in [3.63, 3.8) is 0 Å². The molecule has 1 heterocycles. The van der Waals surface area contributed by atoms with Gasteiger partial charge in [0.05, 0.1) is 10.9 Å². The van der Waals surface area contributed by atoms with Gasteiger partial charge in [-0.2, -0.15) is 15.6 Å². The highest BCUT2D eigenvalue weighted by Crippen LogP contribution is 2.37. The minimum Gasteiger partial charge on any atom is -0.440 e. The van der Waals surface area contributed by atoms with Crippen LogP contribution < -0.4 is 0 Å². The molecular formula is C33H31NO4S2. The first-order chi connectivity index (χ1) is 19.3. The first-order valence-electron chi connectivity index (χ1n) is 12.8. The van der Waals surface area contributed by atoms with E-state index >= 15 is 0 Å². The molecule has 0 aliphatic carbocycles. The van der Waals surface area contributed by atoms with Gasteiger partial charge >= 0.3 is 5.97 Å². The summed E-state index contributed by atoms with van der Waals surface area (Å²) in [6, 6.07) is 26.3. The predicted molar refractivity (Wildman–Crippen MR) is 160 cm³/mol. The fourth-order valence-corrected chi connectivity index (χ4v) is 6.76. The Kier molecular flexibility index (Phi) is 9.38. The standard InChI is InChI=1S/C33H31NO4S2/c1-4-22-34(40(36,37)31-17-15-26(2)16-18-31)32(24-28-11-7-5-8-12-28)33(38-27(3)35,30-13-9-6-10-14-30)21-19-29-20-23-39-25-29/h4-18,20,23,25,32H,1,22,24H2,2-3H3/t32-,33+/m0/s1. The fourth-order valence-electron chi connectivity index (χ4n) is 4.56. The third-order valence-corrected chi connectivity index (χ3v) is 9.02. The normalized spacial score (nSPS) is 13.5. The molecule has 0 unspecified atom stereocenters. The van der Waals surface area contributed by atoms with E-state index in [-0.39, 0.29) is 17.9 Å².